The summed E-state index contributed by atoms with van der Waals surface area (Å²) >= 11 is 0. The summed E-state index contributed by atoms with van der Waals surface area (Å²) in [7, 11) is 1.59. The number of nitrogens with one attached hydrogen (secondary N) is 1. The van der Waals surface area contributed by atoms with Gasteiger partial charge in [0.15, 0.2) is 0 Å². The van der Waals surface area contributed by atoms with Crippen molar-refractivity contribution in [3.8, 4) is 17.1 Å². The number of allylic oxidation sites excluding steroid dienone is 2. The number of rotatable bonds is 7. The smallest absolute Gasteiger partial charge is 0.246 e. The standard InChI is InChI=1S/C21H22N4O5/c1-29-14-8-6-13(7-9-14)19-23-18(30-24-19)12-22-17(26)10-11-25-20(27)15-4-2-3-5-16(15)21(25)28/h2-3,6-9,15-16H,4-5,10-12H2,1H3,(H,22,26)/t15-,16+. The lowest BCUT2D eigenvalue weighted by molar-refractivity contribution is -0.140. The van der Waals surface area contributed by atoms with Gasteiger partial charge in [-0.25, -0.2) is 0 Å². The molecule has 30 heavy (non-hydrogen) atoms. The first kappa shape index (κ1) is 19.8. The van der Waals surface area contributed by atoms with Crippen molar-refractivity contribution in [2.24, 2.45) is 11.8 Å². The van der Waals surface area contributed by atoms with Crippen LogP contribution in [0.1, 0.15) is 25.2 Å². The van der Waals surface area contributed by atoms with Gasteiger partial charge in [-0.2, -0.15) is 4.98 Å². The molecule has 1 aromatic carbocycles. The largest absolute Gasteiger partial charge is 0.497 e. The van der Waals surface area contributed by atoms with Gasteiger partial charge in [0.1, 0.15) is 5.75 Å². The molecule has 0 spiro atoms. The lowest BCUT2D eigenvalue weighted by Crippen LogP contribution is -2.35. The molecule has 3 amide bonds. The first-order valence-electron chi connectivity index (χ1n) is 9.80. The first-order valence-corrected chi connectivity index (χ1v) is 9.80. The quantitative estimate of drug-likeness (QED) is 0.546. The van der Waals surface area contributed by atoms with E-state index in [1.165, 1.54) is 4.90 Å². The van der Waals surface area contributed by atoms with E-state index in [4.69, 9.17) is 9.26 Å². The summed E-state index contributed by atoms with van der Waals surface area (Å²) in [6, 6.07) is 7.20. The number of methoxy groups -OCH3 is 1. The maximum atomic E-state index is 12.4. The molecule has 1 N–H and O–H groups in total. The van der Waals surface area contributed by atoms with Gasteiger partial charge in [0, 0.05) is 18.5 Å². The molecule has 1 saturated heterocycles. The molecule has 2 aliphatic rings. The second kappa shape index (κ2) is 8.48. The number of amides is 3. The highest BCUT2D eigenvalue weighted by molar-refractivity contribution is 6.05. The molecule has 1 aromatic heterocycles. The number of benzene rings is 1. The Morgan fingerprint density at radius 3 is 2.47 bits per heavy atom. The van der Waals surface area contributed by atoms with Crippen molar-refractivity contribution in [1.82, 2.24) is 20.4 Å². The summed E-state index contributed by atoms with van der Waals surface area (Å²) in [5.74, 6) is 0.186. The zero-order chi connectivity index (χ0) is 21.1. The highest BCUT2D eigenvalue weighted by Crippen LogP contribution is 2.35. The monoisotopic (exact) mass is 410 g/mol. The fourth-order valence-corrected chi connectivity index (χ4v) is 3.75. The summed E-state index contributed by atoms with van der Waals surface area (Å²) in [6.07, 6.45) is 5.08. The predicted molar refractivity (Wildman–Crippen MR) is 105 cm³/mol. The van der Waals surface area contributed by atoms with E-state index in [0.717, 1.165) is 11.3 Å². The van der Waals surface area contributed by atoms with Crippen molar-refractivity contribution >= 4 is 17.7 Å². The van der Waals surface area contributed by atoms with Crippen molar-refractivity contribution in [1.29, 1.82) is 0 Å². The Morgan fingerprint density at radius 2 is 1.83 bits per heavy atom. The number of nitrogens with zero attached hydrogens (tertiary/aromatic N) is 3. The number of ether oxygens (including phenoxy) is 1. The van der Waals surface area contributed by atoms with Crippen LogP contribution >= 0.6 is 0 Å². The summed E-state index contributed by atoms with van der Waals surface area (Å²) in [4.78, 5) is 42.5. The van der Waals surface area contributed by atoms with Crippen molar-refractivity contribution in [2.75, 3.05) is 13.7 Å². The van der Waals surface area contributed by atoms with Crippen molar-refractivity contribution in [3.63, 3.8) is 0 Å². The van der Waals surface area contributed by atoms with Crippen LogP contribution in [-0.4, -0.2) is 46.4 Å². The van der Waals surface area contributed by atoms with Crippen molar-refractivity contribution in [3.05, 3.63) is 42.3 Å². The van der Waals surface area contributed by atoms with E-state index in [2.05, 4.69) is 15.5 Å². The molecular weight excluding hydrogens is 388 g/mol. The molecule has 0 radical (unpaired) electrons. The lowest BCUT2D eigenvalue weighted by atomic mass is 9.85. The minimum Gasteiger partial charge on any atom is -0.497 e. The second-order valence-electron chi connectivity index (χ2n) is 7.25. The Kier molecular flexibility index (Phi) is 5.60. The molecule has 2 aromatic rings. The minimum atomic E-state index is -0.298. The van der Waals surface area contributed by atoms with Gasteiger partial charge in [-0.1, -0.05) is 17.3 Å². The highest BCUT2D eigenvalue weighted by Gasteiger charge is 2.46. The fraction of sp³-hybridized carbons (Fsp3) is 0.381. The van der Waals surface area contributed by atoms with Crippen LogP contribution in [0.5, 0.6) is 5.75 Å². The third-order valence-corrected chi connectivity index (χ3v) is 5.41. The van der Waals surface area contributed by atoms with Gasteiger partial charge < -0.3 is 14.6 Å². The number of aromatic nitrogens is 2. The van der Waals surface area contributed by atoms with Crippen LogP contribution in [-0.2, 0) is 20.9 Å². The number of likely N-dealkylation sites (tertiary alicyclic amines) is 1. The molecule has 0 saturated carbocycles. The lowest BCUT2D eigenvalue weighted by Gasteiger charge is -2.14. The average Bonchev–Trinajstić information content (AvgIpc) is 3.35. The van der Waals surface area contributed by atoms with Gasteiger partial charge in [0.05, 0.1) is 25.5 Å². The van der Waals surface area contributed by atoms with Gasteiger partial charge in [-0.3, -0.25) is 19.3 Å². The molecule has 9 heteroatoms. The normalized spacial score (nSPS) is 20.4. The highest BCUT2D eigenvalue weighted by atomic mass is 16.5. The minimum absolute atomic E-state index is 0.0316. The molecule has 0 unspecified atom stereocenters. The Balaban J connectivity index is 1.27. The van der Waals surface area contributed by atoms with Gasteiger partial charge in [-0.15, -0.1) is 0 Å². The van der Waals surface area contributed by atoms with Crippen LogP contribution in [0.25, 0.3) is 11.4 Å². The number of fused-ring (bicyclic) bond motifs is 1. The summed E-state index contributed by atoms with van der Waals surface area (Å²) in [5, 5.41) is 6.59. The number of carbonyl (C=O) groups is 3. The van der Waals surface area contributed by atoms with Crippen LogP contribution in [0.2, 0.25) is 0 Å². The van der Waals surface area contributed by atoms with E-state index >= 15 is 0 Å². The number of imide groups is 1. The number of carbonyl (C=O) groups excluding carboxylic acids is 3. The molecular formula is C21H22N4O5. The number of hydrogen-bond donors (Lipinski definition) is 1. The Labute approximate surface area is 173 Å². The third kappa shape index (κ3) is 3.96. The van der Waals surface area contributed by atoms with E-state index in [-0.39, 0.29) is 55.0 Å². The molecule has 0 bridgehead atoms. The van der Waals surface area contributed by atoms with Crippen LogP contribution in [0.4, 0.5) is 0 Å². The van der Waals surface area contributed by atoms with Gasteiger partial charge in [0.2, 0.25) is 29.4 Å². The van der Waals surface area contributed by atoms with Crippen LogP contribution < -0.4 is 10.1 Å². The summed E-state index contributed by atoms with van der Waals surface area (Å²) < 4.78 is 10.3. The van der Waals surface area contributed by atoms with E-state index < -0.39 is 0 Å². The molecule has 1 aliphatic heterocycles. The molecule has 1 fully saturated rings. The van der Waals surface area contributed by atoms with Gasteiger partial charge >= 0.3 is 0 Å². The molecule has 156 valence electrons. The molecule has 9 nitrogen and oxygen atoms in total. The van der Waals surface area contributed by atoms with Crippen LogP contribution in [0.15, 0.2) is 40.9 Å². The van der Waals surface area contributed by atoms with E-state index in [0.29, 0.717) is 18.7 Å². The van der Waals surface area contributed by atoms with Gasteiger partial charge in [0.25, 0.3) is 0 Å². The zero-order valence-electron chi connectivity index (χ0n) is 16.5. The zero-order valence-corrected chi connectivity index (χ0v) is 16.5. The van der Waals surface area contributed by atoms with Crippen molar-refractivity contribution in [2.45, 2.75) is 25.8 Å². The maximum Gasteiger partial charge on any atom is 0.246 e. The third-order valence-electron chi connectivity index (χ3n) is 5.41. The Bertz CT molecular complexity index is 956. The molecule has 2 heterocycles. The Morgan fingerprint density at radius 1 is 1.17 bits per heavy atom. The predicted octanol–water partition coefficient (Wildman–Crippen LogP) is 1.70. The van der Waals surface area contributed by atoms with Crippen molar-refractivity contribution < 1.29 is 23.6 Å². The van der Waals surface area contributed by atoms with E-state index in [1.807, 2.05) is 24.3 Å². The molecule has 1 aliphatic carbocycles. The molecule has 4 rings (SSSR count). The Hall–Kier alpha value is -3.49. The van der Waals surface area contributed by atoms with E-state index in [9.17, 15) is 14.4 Å². The van der Waals surface area contributed by atoms with E-state index in [1.54, 1.807) is 19.2 Å². The van der Waals surface area contributed by atoms with Gasteiger partial charge in [-0.05, 0) is 37.1 Å². The topological polar surface area (TPSA) is 115 Å². The average molecular weight is 410 g/mol. The second-order valence-corrected chi connectivity index (χ2v) is 7.25. The summed E-state index contributed by atoms with van der Waals surface area (Å²) in [5.41, 5.74) is 0.763. The number of hydrogen-bond acceptors (Lipinski definition) is 7. The molecule has 2 atom stereocenters. The SMILES string of the molecule is COc1ccc(-c2noc(CNC(=O)CCN3C(=O)[C@H]4CC=CC[C@H]4C3=O)n2)cc1. The van der Waals surface area contributed by atoms with Crippen LogP contribution in [0.3, 0.4) is 0 Å². The fourth-order valence-electron chi connectivity index (χ4n) is 3.75. The summed E-state index contributed by atoms with van der Waals surface area (Å²) in [6.45, 7) is 0.149. The maximum absolute atomic E-state index is 12.4. The first-order chi connectivity index (χ1) is 14.6. The van der Waals surface area contributed by atoms with Crippen LogP contribution in [0, 0.1) is 11.8 Å².